The molecular weight excluding hydrogens is 489 g/mol. The second kappa shape index (κ2) is 12.4. The Morgan fingerprint density at radius 3 is 2.46 bits per heavy atom. The number of benzene rings is 3. The number of aryl methyl sites for hydroxylation is 1. The highest BCUT2D eigenvalue weighted by molar-refractivity contribution is 8.03. The SMILES string of the molecule is CCCCN1C(=CC(=Cc2sc3ccccc3[n+]2CCCC)/C=C/c2ccccc2)Sc2ccccc21. The van der Waals surface area contributed by atoms with E-state index in [9.17, 15) is 0 Å². The van der Waals surface area contributed by atoms with Crippen molar-refractivity contribution in [2.24, 2.45) is 0 Å². The summed E-state index contributed by atoms with van der Waals surface area (Å²) in [7, 11) is 0. The van der Waals surface area contributed by atoms with Crippen LogP contribution in [0.4, 0.5) is 5.69 Å². The summed E-state index contributed by atoms with van der Waals surface area (Å²) in [5, 5.41) is 2.61. The second-order valence-electron chi connectivity index (χ2n) is 9.36. The van der Waals surface area contributed by atoms with Crippen molar-refractivity contribution in [3.05, 3.63) is 112 Å². The number of thioether (sulfide) groups is 1. The van der Waals surface area contributed by atoms with E-state index in [-0.39, 0.29) is 0 Å². The summed E-state index contributed by atoms with van der Waals surface area (Å²) in [6.45, 7) is 6.62. The molecule has 4 aromatic rings. The van der Waals surface area contributed by atoms with Crippen molar-refractivity contribution < 1.29 is 4.57 Å². The van der Waals surface area contributed by atoms with E-state index in [4.69, 9.17) is 0 Å². The maximum absolute atomic E-state index is 2.50. The average Bonchev–Trinajstić information content (AvgIpc) is 3.46. The van der Waals surface area contributed by atoms with Crippen molar-refractivity contribution in [1.82, 2.24) is 0 Å². The van der Waals surface area contributed by atoms with Gasteiger partial charge in [0.25, 0.3) is 5.01 Å². The third-order valence-electron chi connectivity index (χ3n) is 6.59. The first kappa shape index (κ1) is 25.6. The molecule has 0 radical (unpaired) electrons. The maximum Gasteiger partial charge on any atom is 0.263 e. The quantitative estimate of drug-likeness (QED) is 0.151. The largest absolute Gasteiger partial charge is 0.335 e. The highest BCUT2D eigenvalue weighted by atomic mass is 32.2. The van der Waals surface area contributed by atoms with Crippen LogP contribution in [0.5, 0.6) is 0 Å². The Bertz CT molecular complexity index is 1430. The molecule has 37 heavy (non-hydrogen) atoms. The molecule has 0 unspecified atom stereocenters. The summed E-state index contributed by atoms with van der Waals surface area (Å²) in [5.41, 5.74) is 5.10. The molecule has 1 aliphatic rings. The molecule has 5 rings (SSSR count). The van der Waals surface area contributed by atoms with E-state index in [1.165, 1.54) is 67.7 Å². The van der Waals surface area contributed by atoms with Gasteiger partial charge in [0.1, 0.15) is 4.70 Å². The zero-order valence-electron chi connectivity index (χ0n) is 21.8. The summed E-state index contributed by atoms with van der Waals surface area (Å²) < 4.78 is 3.85. The number of thiazole rings is 1. The molecule has 0 atom stereocenters. The lowest BCUT2D eigenvalue weighted by atomic mass is 10.1. The normalized spacial score (nSPS) is 14.8. The van der Waals surface area contributed by atoms with Gasteiger partial charge in [-0.05, 0) is 41.8 Å². The number of allylic oxidation sites excluding steroid dienone is 3. The lowest BCUT2D eigenvalue weighted by Crippen LogP contribution is -2.35. The Labute approximate surface area is 229 Å². The van der Waals surface area contributed by atoms with Gasteiger partial charge in [-0.25, -0.2) is 0 Å². The minimum absolute atomic E-state index is 1.04. The van der Waals surface area contributed by atoms with E-state index >= 15 is 0 Å². The van der Waals surface area contributed by atoms with Gasteiger partial charge >= 0.3 is 0 Å². The van der Waals surface area contributed by atoms with Crippen LogP contribution in [0.15, 0.2) is 107 Å². The van der Waals surface area contributed by atoms with E-state index in [1.54, 1.807) is 0 Å². The Morgan fingerprint density at radius 1 is 0.865 bits per heavy atom. The molecule has 0 bridgehead atoms. The van der Waals surface area contributed by atoms with Crippen molar-refractivity contribution in [2.45, 2.75) is 51.0 Å². The van der Waals surface area contributed by atoms with E-state index in [2.05, 4.69) is 126 Å². The van der Waals surface area contributed by atoms with Gasteiger partial charge in [0.05, 0.1) is 10.7 Å². The Morgan fingerprint density at radius 2 is 1.62 bits per heavy atom. The molecular formula is C33H35N2S2+. The van der Waals surface area contributed by atoms with Crippen LogP contribution in [0.3, 0.4) is 0 Å². The Hall–Kier alpha value is -3.08. The van der Waals surface area contributed by atoms with Crippen LogP contribution in [-0.2, 0) is 6.54 Å². The highest BCUT2D eigenvalue weighted by Crippen LogP contribution is 2.46. The summed E-state index contributed by atoms with van der Waals surface area (Å²) in [5.74, 6) is 0. The van der Waals surface area contributed by atoms with Gasteiger partial charge in [-0.15, -0.1) is 0 Å². The van der Waals surface area contributed by atoms with Gasteiger partial charge in [-0.1, -0.05) is 117 Å². The Balaban J connectivity index is 1.59. The van der Waals surface area contributed by atoms with Crippen molar-refractivity contribution in [3.63, 3.8) is 0 Å². The van der Waals surface area contributed by atoms with Crippen molar-refractivity contribution in [2.75, 3.05) is 11.4 Å². The predicted octanol–water partition coefficient (Wildman–Crippen LogP) is 9.34. The van der Waals surface area contributed by atoms with Crippen molar-refractivity contribution in [1.29, 1.82) is 0 Å². The molecule has 2 nitrogen and oxygen atoms in total. The van der Waals surface area contributed by atoms with Gasteiger partial charge in [0.15, 0.2) is 6.54 Å². The Kier molecular flexibility index (Phi) is 8.60. The number of nitrogens with zero attached hydrogens (tertiary/aromatic N) is 2. The number of aromatic nitrogens is 1. The predicted molar refractivity (Wildman–Crippen MR) is 163 cm³/mol. The van der Waals surface area contributed by atoms with Crippen LogP contribution in [0.25, 0.3) is 22.4 Å². The van der Waals surface area contributed by atoms with E-state index in [0.29, 0.717) is 0 Å². The summed E-state index contributed by atoms with van der Waals surface area (Å²) >= 11 is 3.77. The van der Waals surface area contributed by atoms with Crippen LogP contribution in [0, 0.1) is 0 Å². The number of anilines is 1. The number of para-hydroxylation sites is 2. The van der Waals surface area contributed by atoms with Crippen LogP contribution in [-0.4, -0.2) is 6.54 Å². The standard InChI is InChI=1S/C33H35N2S2/c1-3-5-22-34-28-16-10-12-18-30(28)36-32(34)24-27(21-20-26-14-8-7-9-15-26)25-33-35(23-6-4-2)29-17-11-13-19-31(29)37-33/h7-21,24-25H,3-6,22-23H2,1-2H3/q+1/b21-20+. The molecule has 188 valence electrons. The third-order valence-corrected chi connectivity index (χ3v) is 8.82. The number of fused-ring (bicyclic) bond motifs is 2. The van der Waals surface area contributed by atoms with Gasteiger partial charge in [0, 0.05) is 30.0 Å². The monoisotopic (exact) mass is 523 g/mol. The molecule has 2 heterocycles. The fraction of sp³-hybridized carbons (Fsp3) is 0.242. The van der Waals surface area contributed by atoms with E-state index in [0.717, 1.165) is 13.1 Å². The zero-order valence-corrected chi connectivity index (χ0v) is 23.4. The maximum atomic E-state index is 2.50. The molecule has 1 aromatic heterocycles. The smallest absolute Gasteiger partial charge is 0.263 e. The fourth-order valence-electron chi connectivity index (χ4n) is 4.59. The molecule has 0 spiro atoms. The topological polar surface area (TPSA) is 7.12 Å². The van der Waals surface area contributed by atoms with Crippen LogP contribution in [0.1, 0.15) is 50.1 Å². The van der Waals surface area contributed by atoms with E-state index in [1.807, 2.05) is 23.1 Å². The van der Waals surface area contributed by atoms with Gasteiger partial charge < -0.3 is 4.90 Å². The van der Waals surface area contributed by atoms with Gasteiger partial charge in [-0.3, -0.25) is 0 Å². The molecule has 4 heteroatoms. The molecule has 0 saturated carbocycles. The molecule has 0 fully saturated rings. The number of unbranched alkanes of at least 4 members (excludes halogenated alkanes) is 2. The summed E-state index contributed by atoms with van der Waals surface area (Å²) in [6, 6.07) is 28.2. The highest BCUT2D eigenvalue weighted by Gasteiger charge is 2.25. The molecule has 0 saturated heterocycles. The van der Waals surface area contributed by atoms with Gasteiger partial charge in [-0.2, -0.15) is 4.57 Å². The third kappa shape index (κ3) is 6.08. The first-order chi connectivity index (χ1) is 18.3. The zero-order chi connectivity index (χ0) is 25.5. The van der Waals surface area contributed by atoms with Crippen LogP contribution in [0.2, 0.25) is 0 Å². The molecule has 3 aromatic carbocycles. The first-order valence-corrected chi connectivity index (χ1v) is 15.0. The summed E-state index contributed by atoms with van der Waals surface area (Å²) in [6.07, 6.45) is 14.0. The second-order valence-corrected chi connectivity index (χ2v) is 11.5. The van der Waals surface area contributed by atoms with E-state index < -0.39 is 0 Å². The minimum atomic E-state index is 1.04. The van der Waals surface area contributed by atoms with Crippen LogP contribution >= 0.6 is 23.1 Å². The lowest BCUT2D eigenvalue weighted by Gasteiger charge is -2.20. The summed E-state index contributed by atoms with van der Waals surface area (Å²) in [4.78, 5) is 3.85. The number of hydrogen-bond donors (Lipinski definition) is 0. The molecule has 0 aliphatic carbocycles. The molecule has 0 amide bonds. The number of hydrogen-bond acceptors (Lipinski definition) is 3. The molecule has 1 aliphatic heterocycles. The van der Waals surface area contributed by atoms with Crippen molar-refractivity contribution in [3.8, 4) is 0 Å². The van der Waals surface area contributed by atoms with Crippen molar-refractivity contribution >= 4 is 51.2 Å². The number of rotatable bonds is 10. The minimum Gasteiger partial charge on any atom is -0.335 e. The van der Waals surface area contributed by atoms with Crippen LogP contribution < -0.4 is 9.47 Å². The molecule has 0 N–H and O–H groups in total. The fourth-order valence-corrected chi connectivity index (χ4v) is 6.89. The average molecular weight is 524 g/mol. The lowest BCUT2D eigenvalue weighted by molar-refractivity contribution is -0.669. The first-order valence-electron chi connectivity index (χ1n) is 13.4. The van der Waals surface area contributed by atoms with Gasteiger partial charge in [0.2, 0.25) is 5.52 Å².